The monoisotopic (exact) mass is 167 g/mol. The number of Topliss-reactive ketones (excluding diaryl/α,β-unsaturated/α-hetero) is 1. The lowest BCUT2D eigenvalue weighted by atomic mass is 10.0. The fourth-order valence-corrected chi connectivity index (χ4v) is 1.92. The maximum absolute atomic E-state index is 11.2. The van der Waals surface area contributed by atoms with Gasteiger partial charge in [0.25, 0.3) is 0 Å². The number of fused-ring (bicyclic) bond motifs is 2. The number of rotatable bonds is 2. The molecule has 2 rings (SSSR count). The number of hydrogen-bond donors (Lipinski definition) is 1. The molecule has 2 bridgehead atoms. The molecule has 12 heavy (non-hydrogen) atoms. The van der Waals surface area contributed by atoms with Crippen molar-refractivity contribution in [2.75, 3.05) is 6.61 Å². The van der Waals surface area contributed by atoms with Crippen molar-refractivity contribution in [2.45, 2.75) is 31.5 Å². The largest absolute Gasteiger partial charge is 0.357 e. The fourth-order valence-electron chi connectivity index (χ4n) is 1.92. The van der Waals surface area contributed by atoms with E-state index in [0.29, 0.717) is 19.4 Å². The lowest BCUT2D eigenvalue weighted by molar-refractivity contribution is -0.130. The second-order valence-corrected chi connectivity index (χ2v) is 3.35. The summed E-state index contributed by atoms with van der Waals surface area (Å²) >= 11 is 0. The Morgan fingerprint density at radius 3 is 3.42 bits per heavy atom. The van der Waals surface area contributed by atoms with Crippen LogP contribution < -0.4 is 5.32 Å². The van der Waals surface area contributed by atoms with Crippen molar-refractivity contribution in [3.63, 3.8) is 0 Å². The molecule has 2 aliphatic heterocycles. The third-order valence-electron chi connectivity index (χ3n) is 2.34. The molecular formula is C9H13NO2. The Labute approximate surface area is 71.8 Å². The van der Waals surface area contributed by atoms with Crippen LogP contribution in [0, 0.1) is 0 Å². The van der Waals surface area contributed by atoms with Crippen molar-refractivity contribution >= 4 is 5.78 Å². The van der Waals surface area contributed by atoms with Crippen LogP contribution in [0.25, 0.3) is 0 Å². The van der Waals surface area contributed by atoms with Gasteiger partial charge in [0.15, 0.2) is 0 Å². The smallest absolute Gasteiger partial charge is 0.145 e. The number of piperidine rings is 1. The molecule has 66 valence electrons. The van der Waals surface area contributed by atoms with Crippen LogP contribution in [-0.4, -0.2) is 24.2 Å². The first-order chi connectivity index (χ1) is 5.74. The minimum Gasteiger partial charge on any atom is -0.357 e. The van der Waals surface area contributed by atoms with Gasteiger partial charge in [-0.05, 0) is 13.0 Å². The average Bonchev–Trinajstić information content (AvgIpc) is 2.27. The Morgan fingerprint density at radius 1 is 1.83 bits per heavy atom. The highest BCUT2D eigenvalue weighted by Crippen LogP contribution is 2.28. The lowest BCUT2D eigenvalue weighted by Crippen LogP contribution is -2.52. The zero-order chi connectivity index (χ0) is 8.60. The van der Waals surface area contributed by atoms with Crippen LogP contribution in [-0.2, 0) is 9.53 Å². The molecule has 1 saturated heterocycles. The van der Waals surface area contributed by atoms with Gasteiger partial charge in [0, 0.05) is 19.1 Å². The van der Waals surface area contributed by atoms with Gasteiger partial charge in [-0.15, -0.1) is 0 Å². The second kappa shape index (κ2) is 2.68. The van der Waals surface area contributed by atoms with Crippen LogP contribution in [0.3, 0.4) is 0 Å². The first kappa shape index (κ1) is 7.95. The molecule has 0 spiro atoms. The summed E-state index contributed by atoms with van der Waals surface area (Å²) in [5.41, 5.74) is -0.464. The predicted octanol–water partition coefficient (Wildman–Crippen LogP) is 0.610. The lowest BCUT2D eigenvalue weighted by Gasteiger charge is -2.33. The zero-order valence-corrected chi connectivity index (χ0v) is 7.17. The van der Waals surface area contributed by atoms with Gasteiger partial charge in [-0.3, -0.25) is 10.1 Å². The van der Waals surface area contributed by atoms with Gasteiger partial charge in [0.1, 0.15) is 11.5 Å². The Kier molecular flexibility index (Phi) is 1.77. The topological polar surface area (TPSA) is 38.3 Å². The Balaban J connectivity index is 2.15. The summed E-state index contributed by atoms with van der Waals surface area (Å²) in [6.45, 7) is 2.58. The quantitative estimate of drug-likeness (QED) is 0.612. The van der Waals surface area contributed by atoms with Crippen LogP contribution in [0.1, 0.15) is 19.8 Å². The highest BCUT2D eigenvalue weighted by Gasteiger charge is 2.41. The van der Waals surface area contributed by atoms with Crippen LogP contribution in [0.5, 0.6) is 0 Å². The third-order valence-corrected chi connectivity index (χ3v) is 2.34. The summed E-state index contributed by atoms with van der Waals surface area (Å²) in [7, 11) is 0. The summed E-state index contributed by atoms with van der Waals surface area (Å²) in [5.74, 6) is 0.289. The molecule has 1 fully saturated rings. The number of carbonyl (C=O) groups is 1. The van der Waals surface area contributed by atoms with Gasteiger partial charge in [0.05, 0.1) is 6.42 Å². The van der Waals surface area contributed by atoms with Gasteiger partial charge >= 0.3 is 0 Å². The van der Waals surface area contributed by atoms with Crippen molar-refractivity contribution in [1.82, 2.24) is 5.32 Å². The minimum absolute atomic E-state index is 0.206. The van der Waals surface area contributed by atoms with Crippen molar-refractivity contribution in [1.29, 1.82) is 0 Å². The van der Waals surface area contributed by atoms with Crippen molar-refractivity contribution < 1.29 is 9.53 Å². The number of carbonyl (C=O) groups excluding carboxylic acids is 1. The van der Waals surface area contributed by atoms with E-state index in [2.05, 4.69) is 5.32 Å². The molecule has 2 unspecified atom stereocenters. The summed E-state index contributed by atoms with van der Waals surface area (Å²) < 4.78 is 5.51. The van der Waals surface area contributed by atoms with Gasteiger partial charge in [0.2, 0.25) is 0 Å². The van der Waals surface area contributed by atoms with Crippen LogP contribution in [0.4, 0.5) is 0 Å². The van der Waals surface area contributed by atoms with E-state index in [-0.39, 0.29) is 11.8 Å². The van der Waals surface area contributed by atoms with E-state index in [1.54, 1.807) is 0 Å². The zero-order valence-electron chi connectivity index (χ0n) is 7.17. The molecule has 2 heterocycles. The fraction of sp³-hybridized carbons (Fsp3) is 0.667. The molecule has 3 nitrogen and oxygen atoms in total. The molecule has 3 heteroatoms. The molecule has 0 aliphatic carbocycles. The summed E-state index contributed by atoms with van der Waals surface area (Å²) in [6.07, 6.45) is 5.10. The number of ether oxygens (including phenoxy) is 1. The summed E-state index contributed by atoms with van der Waals surface area (Å²) in [4.78, 5) is 11.2. The number of nitrogens with one attached hydrogen (secondary N) is 1. The van der Waals surface area contributed by atoms with Crippen molar-refractivity contribution in [2.24, 2.45) is 0 Å². The molecule has 0 amide bonds. The number of ketones is 1. The Bertz CT molecular complexity index is 237. The molecule has 0 saturated carbocycles. The standard InChI is InChI=1S/C9H13NO2/c1-2-12-9-4-3-7(10-9)5-8(11)6-9/h3-4,7,10H,2,5-6H2,1H3. The SMILES string of the molecule is CCOC12C=CC(CC(=O)C1)N2. The Hall–Kier alpha value is -0.670. The van der Waals surface area contributed by atoms with E-state index in [0.717, 1.165) is 0 Å². The molecule has 2 atom stereocenters. The molecule has 0 aromatic heterocycles. The maximum atomic E-state index is 11.2. The highest BCUT2D eigenvalue weighted by atomic mass is 16.5. The van der Waals surface area contributed by atoms with E-state index in [1.807, 2.05) is 19.1 Å². The second-order valence-electron chi connectivity index (χ2n) is 3.35. The summed E-state index contributed by atoms with van der Waals surface area (Å²) in [5, 5.41) is 3.28. The molecule has 0 aromatic rings. The first-order valence-electron chi connectivity index (χ1n) is 4.37. The normalized spacial score (nSPS) is 39.1. The van der Waals surface area contributed by atoms with Crippen LogP contribution >= 0.6 is 0 Å². The van der Waals surface area contributed by atoms with Crippen LogP contribution in [0.2, 0.25) is 0 Å². The predicted molar refractivity (Wildman–Crippen MR) is 44.7 cm³/mol. The average molecular weight is 167 g/mol. The van der Waals surface area contributed by atoms with Crippen molar-refractivity contribution in [3.8, 4) is 0 Å². The molecule has 0 radical (unpaired) electrons. The van der Waals surface area contributed by atoms with Gasteiger partial charge in [-0.25, -0.2) is 0 Å². The molecule has 1 N–H and O–H groups in total. The molecule has 0 aromatic carbocycles. The Morgan fingerprint density at radius 2 is 2.67 bits per heavy atom. The maximum Gasteiger partial charge on any atom is 0.145 e. The number of hydrogen-bond acceptors (Lipinski definition) is 3. The molecular weight excluding hydrogens is 154 g/mol. The van der Waals surface area contributed by atoms with E-state index in [9.17, 15) is 4.79 Å². The van der Waals surface area contributed by atoms with Crippen LogP contribution in [0.15, 0.2) is 12.2 Å². The van der Waals surface area contributed by atoms with E-state index >= 15 is 0 Å². The van der Waals surface area contributed by atoms with Gasteiger partial charge in [-0.1, -0.05) is 6.08 Å². The van der Waals surface area contributed by atoms with Gasteiger partial charge in [-0.2, -0.15) is 0 Å². The third kappa shape index (κ3) is 1.19. The highest BCUT2D eigenvalue weighted by molar-refractivity contribution is 5.82. The van der Waals surface area contributed by atoms with E-state index in [1.165, 1.54) is 0 Å². The minimum atomic E-state index is -0.464. The molecule has 2 aliphatic rings. The van der Waals surface area contributed by atoms with Gasteiger partial charge < -0.3 is 4.74 Å². The van der Waals surface area contributed by atoms with Crippen molar-refractivity contribution in [3.05, 3.63) is 12.2 Å². The first-order valence-corrected chi connectivity index (χ1v) is 4.37. The van der Waals surface area contributed by atoms with E-state index < -0.39 is 5.72 Å². The summed E-state index contributed by atoms with van der Waals surface area (Å²) in [6, 6.07) is 0.206. The van der Waals surface area contributed by atoms with E-state index in [4.69, 9.17) is 4.74 Å².